The van der Waals surface area contributed by atoms with Crippen LogP contribution in [0, 0.1) is 5.92 Å². The summed E-state index contributed by atoms with van der Waals surface area (Å²) in [7, 11) is 3.47. The van der Waals surface area contributed by atoms with Crippen LogP contribution in [-0.4, -0.2) is 26.7 Å². The van der Waals surface area contributed by atoms with Crippen molar-refractivity contribution in [2.45, 2.75) is 26.8 Å². The minimum Gasteiger partial charge on any atom is -0.496 e. The first kappa shape index (κ1) is 19.0. The second-order valence-corrected chi connectivity index (χ2v) is 4.85. The zero-order chi connectivity index (χ0) is 14.1. The molecule has 0 heterocycles. The Morgan fingerprint density at radius 2 is 1.95 bits per heavy atom. The molecule has 114 valence electrons. The van der Waals surface area contributed by atoms with Gasteiger partial charge in [0.2, 0.25) is 0 Å². The van der Waals surface area contributed by atoms with Crippen molar-refractivity contribution in [1.82, 2.24) is 10.6 Å². The molecule has 0 aliphatic rings. The lowest BCUT2D eigenvalue weighted by atomic mass is 10.1. The van der Waals surface area contributed by atoms with E-state index in [0.717, 1.165) is 30.2 Å². The van der Waals surface area contributed by atoms with Gasteiger partial charge in [-0.3, -0.25) is 4.99 Å². The fraction of sp³-hybridized carbons (Fsp3) is 0.533. The van der Waals surface area contributed by atoms with Gasteiger partial charge < -0.3 is 15.4 Å². The third-order valence-corrected chi connectivity index (χ3v) is 2.88. The van der Waals surface area contributed by atoms with Crippen LogP contribution in [0.15, 0.2) is 29.3 Å². The number of methoxy groups -OCH3 is 1. The van der Waals surface area contributed by atoms with E-state index in [0.29, 0.717) is 12.5 Å². The smallest absolute Gasteiger partial charge is 0.191 e. The molecule has 2 N–H and O–H groups in total. The van der Waals surface area contributed by atoms with Gasteiger partial charge in [-0.1, -0.05) is 32.0 Å². The molecule has 0 fully saturated rings. The Kier molecular flexibility index (Phi) is 10.2. The molecule has 0 atom stereocenters. The molecule has 4 nitrogen and oxygen atoms in total. The lowest BCUT2D eigenvalue weighted by Crippen LogP contribution is -2.37. The van der Waals surface area contributed by atoms with Gasteiger partial charge in [-0.2, -0.15) is 0 Å². The summed E-state index contributed by atoms with van der Waals surface area (Å²) in [6.45, 7) is 6.06. The molecule has 0 aliphatic carbocycles. The van der Waals surface area contributed by atoms with Crippen molar-refractivity contribution in [1.29, 1.82) is 0 Å². The molecule has 0 aromatic heterocycles. The number of ether oxygens (including phenoxy) is 1. The van der Waals surface area contributed by atoms with Crippen LogP contribution in [0.5, 0.6) is 5.75 Å². The third kappa shape index (κ3) is 6.98. The van der Waals surface area contributed by atoms with Crippen molar-refractivity contribution in [2.24, 2.45) is 10.9 Å². The molecule has 0 unspecified atom stereocenters. The maximum Gasteiger partial charge on any atom is 0.191 e. The van der Waals surface area contributed by atoms with E-state index in [9.17, 15) is 0 Å². The van der Waals surface area contributed by atoms with E-state index in [-0.39, 0.29) is 24.0 Å². The molecule has 0 aliphatic heterocycles. The van der Waals surface area contributed by atoms with Crippen LogP contribution in [0.4, 0.5) is 0 Å². The lowest BCUT2D eigenvalue weighted by molar-refractivity contribution is 0.409. The number of nitrogens with zero attached hydrogens (tertiary/aromatic N) is 1. The Hall–Kier alpha value is -0.980. The Morgan fingerprint density at radius 1 is 1.25 bits per heavy atom. The number of rotatable bonds is 6. The minimum atomic E-state index is 0. The van der Waals surface area contributed by atoms with E-state index in [1.54, 1.807) is 14.2 Å². The summed E-state index contributed by atoms with van der Waals surface area (Å²) in [5, 5.41) is 6.60. The van der Waals surface area contributed by atoms with Gasteiger partial charge >= 0.3 is 0 Å². The normalized spacial score (nSPS) is 10.9. The first-order valence-corrected chi connectivity index (χ1v) is 6.73. The molecule has 1 aromatic rings. The van der Waals surface area contributed by atoms with Crippen LogP contribution in [0.3, 0.4) is 0 Å². The number of hydrogen-bond acceptors (Lipinski definition) is 2. The molecule has 0 radical (unpaired) electrons. The Bertz CT molecular complexity index is 408. The predicted octanol–water partition coefficient (Wildman–Crippen LogP) is 3.02. The number of nitrogens with one attached hydrogen (secondary N) is 2. The number of hydrogen-bond donors (Lipinski definition) is 2. The minimum absolute atomic E-state index is 0. The highest BCUT2D eigenvalue weighted by Gasteiger charge is 2.03. The molecule has 1 aromatic carbocycles. The number of aliphatic imine (C=N–C) groups is 1. The van der Waals surface area contributed by atoms with Gasteiger partial charge in [0.05, 0.1) is 7.11 Å². The highest BCUT2D eigenvalue weighted by atomic mass is 127. The van der Waals surface area contributed by atoms with E-state index < -0.39 is 0 Å². The van der Waals surface area contributed by atoms with Crippen molar-refractivity contribution in [3.8, 4) is 5.75 Å². The second-order valence-electron chi connectivity index (χ2n) is 4.85. The predicted molar refractivity (Wildman–Crippen MR) is 96.1 cm³/mol. The number of para-hydroxylation sites is 1. The summed E-state index contributed by atoms with van der Waals surface area (Å²) in [6, 6.07) is 7.99. The largest absolute Gasteiger partial charge is 0.496 e. The first-order chi connectivity index (χ1) is 9.17. The van der Waals surface area contributed by atoms with E-state index in [4.69, 9.17) is 4.74 Å². The molecule has 1 rings (SSSR count). The van der Waals surface area contributed by atoms with E-state index in [1.165, 1.54) is 0 Å². The Balaban J connectivity index is 0.00000361. The Labute approximate surface area is 139 Å². The summed E-state index contributed by atoms with van der Waals surface area (Å²) in [4.78, 5) is 4.21. The molecule has 0 spiro atoms. The molecule has 0 amide bonds. The summed E-state index contributed by atoms with van der Waals surface area (Å²) in [5.41, 5.74) is 1.12. The zero-order valence-electron chi connectivity index (χ0n) is 12.8. The standard InChI is InChI=1S/C15H25N3O.HI/c1-12(2)9-10-17-15(16-3)18-11-13-7-5-6-8-14(13)19-4;/h5-8,12H,9-11H2,1-4H3,(H2,16,17,18);1H. The van der Waals surface area contributed by atoms with Crippen molar-refractivity contribution in [2.75, 3.05) is 20.7 Å². The van der Waals surface area contributed by atoms with E-state index >= 15 is 0 Å². The van der Waals surface area contributed by atoms with Crippen molar-refractivity contribution >= 4 is 29.9 Å². The first-order valence-electron chi connectivity index (χ1n) is 6.73. The van der Waals surface area contributed by atoms with Crippen LogP contribution in [0.2, 0.25) is 0 Å². The van der Waals surface area contributed by atoms with Crippen LogP contribution in [0.1, 0.15) is 25.8 Å². The van der Waals surface area contributed by atoms with Crippen molar-refractivity contribution < 1.29 is 4.74 Å². The highest BCUT2D eigenvalue weighted by molar-refractivity contribution is 14.0. The van der Waals surface area contributed by atoms with Crippen LogP contribution >= 0.6 is 24.0 Å². The monoisotopic (exact) mass is 391 g/mol. The van der Waals surface area contributed by atoms with Gasteiger partial charge in [-0.15, -0.1) is 24.0 Å². The van der Waals surface area contributed by atoms with Gasteiger partial charge in [-0.25, -0.2) is 0 Å². The highest BCUT2D eigenvalue weighted by Crippen LogP contribution is 2.16. The fourth-order valence-corrected chi connectivity index (χ4v) is 1.73. The number of guanidine groups is 1. The third-order valence-electron chi connectivity index (χ3n) is 2.88. The van der Waals surface area contributed by atoms with Gasteiger partial charge in [0.1, 0.15) is 5.75 Å². The van der Waals surface area contributed by atoms with Crippen LogP contribution in [-0.2, 0) is 6.54 Å². The molecular formula is C15H26IN3O. The zero-order valence-corrected chi connectivity index (χ0v) is 15.1. The molecule has 5 heteroatoms. The van der Waals surface area contributed by atoms with E-state index in [1.807, 2.05) is 24.3 Å². The van der Waals surface area contributed by atoms with Gasteiger partial charge in [0.15, 0.2) is 5.96 Å². The average molecular weight is 391 g/mol. The molecule has 20 heavy (non-hydrogen) atoms. The average Bonchev–Trinajstić information content (AvgIpc) is 2.42. The van der Waals surface area contributed by atoms with Crippen LogP contribution in [0.25, 0.3) is 0 Å². The van der Waals surface area contributed by atoms with E-state index in [2.05, 4.69) is 29.5 Å². The van der Waals surface area contributed by atoms with Crippen molar-refractivity contribution in [3.63, 3.8) is 0 Å². The molecule has 0 saturated heterocycles. The van der Waals surface area contributed by atoms with Crippen molar-refractivity contribution in [3.05, 3.63) is 29.8 Å². The summed E-state index contributed by atoms with van der Waals surface area (Å²) >= 11 is 0. The van der Waals surface area contributed by atoms with Gasteiger partial charge in [-0.05, 0) is 18.4 Å². The Morgan fingerprint density at radius 3 is 2.55 bits per heavy atom. The quantitative estimate of drug-likeness (QED) is 0.445. The second kappa shape index (κ2) is 10.8. The van der Waals surface area contributed by atoms with Crippen LogP contribution < -0.4 is 15.4 Å². The summed E-state index contributed by atoms with van der Waals surface area (Å²) in [6.07, 6.45) is 1.13. The SMILES string of the molecule is CN=C(NCCC(C)C)NCc1ccccc1OC.I. The van der Waals surface area contributed by atoms with Gasteiger partial charge in [0.25, 0.3) is 0 Å². The molecule has 0 saturated carbocycles. The number of benzene rings is 1. The van der Waals surface area contributed by atoms with Gasteiger partial charge in [0, 0.05) is 25.7 Å². The maximum absolute atomic E-state index is 5.32. The number of halogens is 1. The topological polar surface area (TPSA) is 45.7 Å². The lowest BCUT2D eigenvalue weighted by Gasteiger charge is -2.14. The molecule has 0 bridgehead atoms. The fourth-order valence-electron chi connectivity index (χ4n) is 1.73. The molecular weight excluding hydrogens is 365 g/mol. The summed E-state index contributed by atoms with van der Waals surface area (Å²) < 4.78 is 5.32. The summed E-state index contributed by atoms with van der Waals surface area (Å²) in [5.74, 6) is 2.42. The maximum atomic E-state index is 5.32.